The summed E-state index contributed by atoms with van der Waals surface area (Å²) in [5, 5.41) is 0. The molecule has 0 bridgehead atoms. The van der Waals surface area contributed by atoms with Crippen LogP contribution in [0.2, 0.25) is 0 Å². The molecular weight excluding hydrogens is 406 g/mol. The highest BCUT2D eigenvalue weighted by Gasteiger charge is 2.23. The molecule has 1 amide bonds. The number of amides is 1. The summed E-state index contributed by atoms with van der Waals surface area (Å²) in [4.78, 5) is 17.0. The van der Waals surface area contributed by atoms with Crippen LogP contribution in [0.1, 0.15) is 10.4 Å². The van der Waals surface area contributed by atoms with Crippen molar-refractivity contribution in [3.63, 3.8) is 0 Å². The standard InChI is InChI=1S/C13H15Br2N3OS/c14-9-1-2-11(15)10(7-9)13(19)18-5-3-17(4-6-18)8-12(16)20/h1-2,7H,3-6,8H2,(H2,16,20). The molecule has 1 aromatic rings. The van der Waals surface area contributed by atoms with E-state index < -0.39 is 0 Å². The van der Waals surface area contributed by atoms with E-state index in [1.807, 2.05) is 23.1 Å². The van der Waals surface area contributed by atoms with E-state index in [1.165, 1.54) is 0 Å². The number of benzene rings is 1. The predicted octanol–water partition coefficient (Wildman–Crippen LogP) is 2.26. The van der Waals surface area contributed by atoms with Crippen LogP contribution in [-0.4, -0.2) is 53.4 Å². The van der Waals surface area contributed by atoms with Crippen molar-refractivity contribution >= 4 is 55.0 Å². The molecule has 1 aliphatic rings. The second-order valence-corrected chi connectivity index (χ2v) is 6.95. The lowest BCUT2D eigenvalue weighted by Crippen LogP contribution is -2.50. The van der Waals surface area contributed by atoms with E-state index in [9.17, 15) is 4.79 Å². The second kappa shape index (κ2) is 6.98. The van der Waals surface area contributed by atoms with Gasteiger partial charge in [0.1, 0.15) is 0 Å². The van der Waals surface area contributed by atoms with E-state index in [0.717, 1.165) is 22.0 Å². The highest BCUT2D eigenvalue weighted by Crippen LogP contribution is 2.23. The normalized spacial score (nSPS) is 16.2. The highest BCUT2D eigenvalue weighted by atomic mass is 79.9. The van der Waals surface area contributed by atoms with Gasteiger partial charge in [-0.3, -0.25) is 9.69 Å². The van der Waals surface area contributed by atoms with Gasteiger partial charge in [-0.15, -0.1) is 0 Å². The number of carbonyl (C=O) groups excluding carboxylic acids is 1. The predicted molar refractivity (Wildman–Crippen MR) is 91.0 cm³/mol. The summed E-state index contributed by atoms with van der Waals surface area (Å²) < 4.78 is 1.72. The van der Waals surface area contributed by atoms with Gasteiger partial charge in [0.25, 0.3) is 5.91 Å². The zero-order valence-electron chi connectivity index (χ0n) is 10.8. The Kier molecular flexibility index (Phi) is 5.54. The first-order valence-electron chi connectivity index (χ1n) is 6.22. The molecule has 0 aromatic heterocycles. The van der Waals surface area contributed by atoms with Gasteiger partial charge in [0.05, 0.1) is 10.6 Å². The summed E-state index contributed by atoms with van der Waals surface area (Å²) in [5.74, 6) is 0.0492. The zero-order chi connectivity index (χ0) is 14.7. The molecule has 4 nitrogen and oxygen atoms in total. The molecule has 0 radical (unpaired) electrons. The minimum atomic E-state index is 0.0492. The Bertz CT molecular complexity index is 530. The fourth-order valence-electron chi connectivity index (χ4n) is 2.16. The Morgan fingerprint density at radius 2 is 1.90 bits per heavy atom. The molecule has 0 atom stereocenters. The second-order valence-electron chi connectivity index (χ2n) is 4.66. The van der Waals surface area contributed by atoms with E-state index in [1.54, 1.807) is 0 Å². The van der Waals surface area contributed by atoms with Gasteiger partial charge in [-0.2, -0.15) is 0 Å². The van der Waals surface area contributed by atoms with Gasteiger partial charge < -0.3 is 10.6 Å². The van der Waals surface area contributed by atoms with Gasteiger partial charge in [0.2, 0.25) is 0 Å². The van der Waals surface area contributed by atoms with E-state index >= 15 is 0 Å². The Balaban J connectivity index is 2.01. The molecule has 0 unspecified atom stereocenters. The summed E-state index contributed by atoms with van der Waals surface area (Å²) in [5.41, 5.74) is 6.23. The van der Waals surface area contributed by atoms with Crippen molar-refractivity contribution in [3.8, 4) is 0 Å². The fraction of sp³-hybridized carbons (Fsp3) is 0.385. The molecule has 1 fully saturated rings. The maximum atomic E-state index is 12.5. The van der Waals surface area contributed by atoms with Gasteiger partial charge in [-0.25, -0.2) is 0 Å². The number of nitrogens with two attached hydrogens (primary N) is 1. The summed E-state index contributed by atoms with van der Waals surface area (Å²) in [6.07, 6.45) is 0. The maximum absolute atomic E-state index is 12.5. The van der Waals surface area contributed by atoms with Crippen molar-refractivity contribution in [2.75, 3.05) is 32.7 Å². The first kappa shape index (κ1) is 15.9. The minimum absolute atomic E-state index is 0.0492. The van der Waals surface area contributed by atoms with E-state index in [2.05, 4.69) is 36.8 Å². The van der Waals surface area contributed by atoms with Crippen LogP contribution in [0.4, 0.5) is 0 Å². The first-order chi connectivity index (χ1) is 9.47. The third kappa shape index (κ3) is 4.00. The van der Waals surface area contributed by atoms with Crippen LogP contribution in [0.25, 0.3) is 0 Å². The maximum Gasteiger partial charge on any atom is 0.255 e. The first-order valence-corrected chi connectivity index (χ1v) is 8.22. The number of halogens is 2. The molecule has 1 saturated heterocycles. The lowest BCUT2D eigenvalue weighted by molar-refractivity contribution is 0.0653. The number of rotatable bonds is 3. The lowest BCUT2D eigenvalue weighted by Gasteiger charge is -2.34. The molecule has 108 valence electrons. The summed E-state index contributed by atoms with van der Waals surface area (Å²) in [7, 11) is 0. The number of nitrogens with zero attached hydrogens (tertiary/aromatic N) is 2. The molecule has 0 aliphatic carbocycles. The van der Waals surface area contributed by atoms with Gasteiger partial charge >= 0.3 is 0 Å². The molecule has 0 spiro atoms. The van der Waals surface area contributed by atoms with Gasteiger partial charge in [0.15, 0.2) is 0 Å². The average molecular weight is 421 g/mol. The summed E-state index contributed by atoms with van der Waals surface area (Å²) >= 11 is 11.7. The van der Waals surface area contributed by atoms with Crippen molar-refractivity contribution < 1.29 is 4.79 Å². The van der Waals surface area contributed by atoms with Gasteiger partial charge in [0, 0.05) is 41.7 Å². The number of piperazine rings is 1. The molecule has 0 saturated carbocycles. The van der Waals surface area contributed by atoms with Gasteiger partial charge in [-0.1, -0.05) is 28.1 Å². The third-order valence-corrected chi connectivity index (χ3v) is 4.51. The Morgan fingerprint density at radius 3 is 2.50 bits per heavy atom. The van der Waals surface area contributed by atoms with Crippen LogP contribution < -0.4 is 5.73 Å². The quantitative estimate of drug-likeness (QED) is 0.762. The molecule has 1 aromatic carbocycles. The Morgan fingerprint density at radius 1 is 1.25 bits per heavy atom. The van der Waals surface area contributed by atoms with Crippen molar-refractivity contribution in [1.29, 1.82) is 0 Å². The largest absolute Gasteiger partial charge is 0.392 e. The van der Waals surface area contributed by atoms with Crippen LogP contribution in [-0.2, 0) is 0 Å². The zero-order valence-corrected chi connectivity index (χ0v) is 14.8. The molecule has 20 heavy (non-hydrogen) atoms. The van der Waals surface area contributed by atoms with Crippen LogP contribution in [0.3, 0.4) is 0 Å². The topological polar surface area (TPSA) is 49.6 Å². The molecule has 1 heterocycles. The van der Waals surface area contributed by atoms with Crippen LogP contribution in [0.5, 0.6) is 0 Å². The average Bonchev–Trinajstić information content (AvgIpc) is 2.41. The monoisotopic (exact) mass is 419 g/mol. The highest BCUT2D eigenvalue weighted by molar-refractivity contribution is 9.11. The van der Waals surface area contributed by atoms with Crippen molar-refractivity contribution in [2.24, 2.45) is 5.73 Å². The lowest BCUT2D eigenvalue weighted by atomic mass is 10.2. The smallest absolute Gasteiger partial charge is 0.255 e. The van der Waals surface area contributed by atoms with E-state index in [-0.39, 0.29) is 5.91 Å². The number of carbonyl (C=O) groups is 1. The SMILES string of the molecule is NC(=S)CN1CCN(C(=O)c2cc(Br)ccc2Br)CC1. The molecular formula is C13H15Br2N3OS. The summed E-state index contributed by atoms with van der Waals surface area (Å²) in [6.45, 7) is 3.61. The Hall–Kier alpha value is -0.500. The fourth-order valence-corrected chi connectivity index (χ4v) is 3.12. The number of hydrogen-bond acceptors (Lipinski definition) is 3. The molecule has 1 aliphatic heterocycles. The number of thiocarbonyl (C=S) groups is 1. The number of hydrogen-bond donors (Lipinski definition) is 1. The van der Waals surface area contributed by atoms with Crippen molar-refractivity contribution in [3.05, 3.63) is 32.7 Å². The molecule has 2 rings (SSSR count). The Labute approximate surface area is 140 Å². The third-order valence-electron chi connectivity index (χ3n) is 3.20. The van der Waals surface area contributed by atoms with E-state index in [4.69, 9.17) is 18.0 Å². The van der Waals surface area contributed by atoms with Crippen LogP contribution >= 0.6 is 44.1 Å². The molecule has 2 N–H and O–H groups in total. The van der Waals surface area contributed by atoms with Crippen LogP contribution in [0.15, 0.2) is 27.1 Å². The van der Waals surface area contributed by atoms with Gasteiger partial charge in [-0.05, 0) is 34.1 Å². The van der Waals surface area contributed by atoms with Crippen molar-refractivity contribution in [2.45, 2.75) is 0 Å². The van der Waals surface area contributed by atoms with Crippen LogP contribution in [0, 0.1) is 0 Å². The minimum Gasteiger partial charge on any atom is -0.392 e. The van der Waals surface area contributed by atoms with E-state index in [0.29, 0.717) is 30.2 Å². The van der Waals surface area contributed by atoms with Crippen molar-refractivity contribution in [1.82, 2.24) is 9.80 Å². The molecule has 7 heteroatoms. The summed E-state index contributed by atoms with van der Waals surface area (Å²) in [6, 6.07) is 5.62.